The molecule has 4 saturated carbocycles. The average molecular weight is 435 g/mol. The number of rotatable bonds is 2. The third-order valence-corrected chi connectivity index (χ3v) is 11.5. The van der Waals surface area contributed by atoms with Gasteiger partial charge in [0.05, 0.1) is 24.4 Å². The van der Waals surface area contributed by atoms with Crippen molar-refractivity contribution in [3.8, 4) is 0 Å². The highest BCUT2D eigenvalue weighted by molar-refractivity contribution is 5.18. The van der Waals surface area contributed by atoms with Gasteiger partial charge in [0.1, 0.15) is 0 Å². The van der Waals surface area contributed by atoms with Crippen LogP contribution in [-0.2, 0) is 9.47 Å². The molecule has 0 aromatic rings. The minimum absolute atomic E-state index is 0.0380. The van der Waals surface area contributed by atoms with Crippen molar-refractivity contribution in [3.63, 3.8) is 0 Å². The monoisotopic (exact) mass is 434 g/mol. The first-order valence-electron chi connectivity index (χ1n) is 13.1. The van der Waals surface area contributed by atoms with Gasteiger partial charge in [0.25, 0.3) is 0 Å². The highest BCUT2D eigenvalue weighted by atomic mass is 16.7. The van der Waals surface area contributed by atoms with E-state index < -0.39 is 6.10 Å². The summed E-state index contributed by atoms with van der Waals surface area (Å²) in [5.41, 5.74) is 14.4. The van der Waals surface area contributed by atoms with Gasteiger partial charge in [0, 0.05) is 5.54 Å². The van der Waals surface area contributed by atoms with E-state index in [0.717, 1.165) is 24.7 Å². The Morgan fingerprint density at radius 3 is 2.48 bits per heavy atom. The third kappa shape index (κ3) is 3.28. The van der Waals surface area contributed by atoms with Gasteiger partial charge in [-0.1, -0.05) is 20.8 Å². The Balaban J connectivity index is 1.28. The molecule has 5 rings (SSSR count). The van der Waals surface area contributed by atoms with Crippen LogP contribution in [0, 0.1) is 34.5 Å². The molecule has 5 aliphatic rings. The Bertz CT molecular complexity index is 690. The van der Waals surface area contributed by atoms with Crippen LogP contribution in [-0.4, -0.2) is 41.3 Å². The van der Waals surface area contributed by atoms with Crippen molar-refractivity contribution in [1.82, 2.24) is 0 Å². The lowest BCUT2D eigenvalue weighted by molar-refractivity contribution is -0.254. The van der Waals surface area contributed by atoms with Crippen LogP contribution in [0.3, 0.4) is 0 Å². The van der Waals surface area contributed by atoms with Crippen molar-refractivity contribution in [2.24, 2.45) is 46.0 Å². The van der Waals surface area contributed by atoms with Gasteiger partial charge < -0.3 is 26.0 Å². The van der Waals surface area contributed by atoms with Crippen molar-refractivity contribution < 1.29 is 14.6 Å². The number of fused-ring (bicyclic) bond motifs is 5. The zero-order valence-corrected chi connectivity index (χ0v) is 20.2. The number of ether oxygens (including phenoxy) is 2. The van der Waals surface area contributed by atoms with Crippen LogP contribution in [0.25, 0.3) is 0 Å². The van der Waals surface area contributed by atoms with E-state index in [-0.39, 0.29) is 30.1 Å². The van der Waals surface area contributed by atoms with E-state index in [1.807, 2.05) is 6.92 Å². The predicted molar refractivity (Wildman–Crippen MR) is 122 cm³/mol. The fourth-order valence-corrected chi connectivity index (χ4v) is 9.00. The second kappa shape index (κ2) is 7.66. The first-order valence-corrected chi connectivity index (χ1v) is 13.1. The molecule has 0 amide bonds. The summed E-state index contributed by atoms with van der Waals surface area (Å²) in [6.45, 7) is 9.44. The second-order valence-corrected chi connectivity index (χ2v) is 12.6. The molecular formula is C26H46N2O3. The Labute approximate surface area is 189 Å². The second-order valence-electron chi connectivity index (χ2n) is 12.6. The fraction of sp³-hybridized carbons (Fsp3) is 1.00. The standard InChI is InChI=1S/C26H46N2O3/c1-15-7-12-26(28)20-6-5-17-13-18(31-23-21(27)14-22(29)16(2)30-23)8-10-24(17,3)19(20)9-11-25(15,26)4/h15-23,29H,5-14,27-28H2,1-4H3. The van der Waals surface area contributed by atoms with Crippen LogP contribution < -0.4 is 11.5 Å². The van der Waals surface area contributed by atoms with E-state index in [1.54, 1.807) is 0 Å². The summed E-state index contributed by atoms with van der Waals surface area (Å²) in [5, 5.41) is 10.0. The zero-order chi connectivity index (χ0) is 22.2. The number of nitrogens with two attached hydrogens (primary N) is 2. The summed E-state index contributed by atoms with van der Waals surface area (Å²) < 4.78 is 12.4. The van der Waals surface area contributed by atoms with E-state index in [9.17, 15) is 5.11 Å². The maximum absolute atomic E-state index is 10.0. The summed E-state index contributed by atoms with van der Waals surface area (Å²) >= 11 is 0. The maximum Gasteiger partial charge on any atom is 0.173 e. The van der Waals surface area contributed by atoms with Crippen LogP contribution in [0.2, 0.25) is 0 Å². The van der Waals surface area contributed by atoms with Gasteiger partial charge in [-0.15, -0.1) is 0 Å². The van der Waals surface area contributed by atoms with Gasteiger partial charge >= 0.3 is 0 Å². The molecule has 5 nitrogen and oxygen atoms in total. The molecule has 0 aromatic carbocycles. The molecular weight excluding hydrogens is 388 g/mol. The largest absolute Gasteiger partial charge is 0.390 e. The van der Waals surface area contributed by atoms with E-state index in [0.29, 0.717) is 29.1 Å². The van der Waals surface area contributed by atoms with Crippen LogP contribution in [0.1, 0.15) is 91.9 Å². The molecule has 0 aromatic heterocycles. The van der Waals surface area contributed by atoms with Gasteiger partial charge in [-0.2, -0.15) is 0 Å². The molecule has 1 heterocycles. The van der Waals surface area contributed by atoms with E-state index in [1.165, 1.54) is 44.9 Å². The molecule has 4 aliphatic carbocycles. The molecule has 1 saturated heterocycles. The molecule has 0 spiro atoms. The summed E-state index contributed by atoms with van der Waals surface area (Å²) in [6.07, 6.45) is 10.9. The molecule has 5 fully saturated rings. The summed E-state index contributed by atoms with van der Waals surface area (Å²) in [7, 11) is 0. The summed E-state index contributed by atoms with van der Waals surface area (Å²) in [4.78, 5) is 0. The Hall–Kier alpha value is -0.200. The quantitative estimate of drug-likeness (QED) is 0.572. The molecule has 0 radical (unpaired) electrons. The minimum Gasteiger partial charge on any atom is -0.390 e. The van der Waals surface area contributed by atoms with Crippen LogP contribution in [0.15, 0.2) is 0 Å². The van der Waals surface area contributed by atoms with Gasteiger partial charge in [0.15, 0.2) is 6.29 Å². The van der Waals surface area contributed by atoms with Crippen LogP contribution in [0.5, 0.6) is 0 Å². The molecule has 5 heteroatoms. The Morgan fingerprint density at radius 1 is 0.935 bits per heavy atom. The molecule has 0 bridgehead atoms. The predicted octanol–water partition coefficient (Wildman–Crippen LogP) is 3.95. The SMILES string of the molecule is CC1OC(OC2CCC3(C)C(CCC4C3CCC3(C)C(C)CCC43N)C2)C(N)CC1O. The van der Waals surface area contributed by atoms with Gasteiger partial charge in [0.2, 0.25) is 0 Å². The van der Waals surface area contributed by atoms with Crippen LogP contribution >= 0.6 is 0 Å². The van der Waals surface area contributed by atoms with Crippen molar-refractivity contribution >= 4 is 0 Å². The highest BCUT2D eigenvalue weighted by Gasteiger charge is 2.65. The lowest BCUT2D eigenvalue weighted by atomic mass is 9.42. The molecule has 5 N–H and O–H groups in total. The normalized spacial score (nSPS) is 59.5. The van der Waals surface area contributed by atoms with Crippen molar-refractivity contribution in [2.45, 2.75) is 128 Å². The Kier molecular flexibility index (Phi) is 5.58. The van der Waals surface area contributed by atoms with E-state index >= 15 is 0 Å². The average Bonchev–Trinajstić information content (AvgIpc) is 2.97. The van der Waals surface area contributed by atoms with Crippen molar-refractivity contribution in [2.75, 3.05) is 0 Å². The highest BCUT2D eigenvalue weighted by Crippen LogP contribution is 2.68. The van der Waals surface area contributed by atoms with E-state index in [2.05, 4.69) is 20.8 Å². The fourth-order valence-electron chi connectivity index (χ4n) is 9.00. The van der Waals surface area contributed by atoms with Gasteiger partial charge in [-0.3, -0.25) is 0 Å². The van der Waals surface area contributed by atoms with Gasteiger partial charge in [-0.25, -0.2) is 0 Å². The number of aliphatic hydroxyl groups is 1. The molecule has 1 aliphatic heterocycles. The number of hydrogen-bond acceptors (Lipinski definition) is 5. The number of hydrogen-bond donors (Lipinski definition) is 3. The topological polar surface area (TPSA) is 90.7 Å². The molecule has 12 atom stereocenters. The van der Waals surface area contributed by atoms with Gasteiger partial charge in [-0.05, 0) is 106 Å². The lowest BCUT2D eigenvalue weighted by Gasteiger charge is -2.64. The first kappa shape index (κ1) is 22.6. The molecule has 178 valence electrons. The van der Waals surface area contributed by atoms with Crippen LogP contribution in [0.4, 0.5) is 0 Å². The Morgan fingerprint density at radius 2 is 1.71 bits per heavy atom. The minimum atomic E-state index is -0.487. The summed E-state index contributed by atoms with van der Waals surface area (Å²) in [6, 6.07) is -0.243. The first-order chi connectivity index (χ1) is 14.6. The summed E-state index contributed by atoms with van der Waals surface area (Å²) in [5.74, 6) is 2.92. The molecule has 12 unspecified atom stereocenters. The van der Waals surface area contributed by atoms with E-state index in [4.69, 9.17) is 20.9 Å². The lowest BCUT2D eigenvalue weighted by Crippen LogP contribution is -2.66. The smallest absolute Gasteiger partial charge is 0.173 e. The molecule has 31 heavy (non-hydrogen) atoms. The van der Waals surface area contributed by atoms with Crippen molar-refractivity contribution in [1.29, 1.82) is 0 Å². The third-order valence-electron chi connectivity index (χ3n) is 11.5. The van der Waals surface area contributed by atoms with Crippen molar-refractivity contribution in [3.05, 3.63) is 0 Å². The maximum atomic E-state index is 10.0. The zero-order valence-electron chi connectivity index (χ0n) is 20.2. The number of aliphatic hydroxyl groups excluding tert-OH is 1.